The Balaban J connectivity index is 2.59. The lowest BCUT2D eigenvalue weighted by molar-refractivity contribution is -0.131. The van der Waals surface area contributed by atoms with Gasteiger partial charge in [-0.3, -0.25) is 9.59 Å². The van der Waals surface area contributed by atoms with E-state index in [1.54, 1.807) is 19.2 Å². The van der Waals surface area contributed by atoms with E-state index in [0.717, 1.165) is 5.56 Å². The number of carbonyl (C=O) groups excluding carboxylic acids is 2. The summed E-state index contributed by atoms with van der Waals surface area (Å²) in [5.41, 5.74) is 0.453. The number of amides is 2. The quantitative estimate of drug-likeness (QED) is 0.870. The van der Waals surface area contributed by atoms with Crippen molar-refractivity contribution in [1.29, 1.82) is 0 Å². The fourth-order valence-electron chi connectivity index (χ4n) is 1.65. The molecule has 0 saturated heterocycles. The van der Waals surface area contributed by atoms with Crippen molar-refractivity contribution >= 4 is 29.5 Å². The lowest BCUT2D eigenvalue weighted by atomic mass is 10.1. The van der Waals surface area contributed by atoms with Crippen LogP contribution in [-0.4, -0.2) is 35.8 Å². The molecule has 1 aromatic carbocycles. The second kappa shape index (κ2) is 7.27. The zero-order valence-corrected chi connectivity index (χ0v) is 13.6. The summed E-state index contributed by atoms with van der Waals surface area (Å²) >= 11 is 6.00. The maximum Gasteiger partial charge on any atom is 0.246 e. The van der Waals surface area contributed by atoms with E-state index >= 15 is 0 Å². The van der Waals surface area contributed by atoms with E-state index in [9.17, 15) is 9.59 Å². The van der Waals surface area contributed by atoms with Gasteiger partial charge in [-0.1, -0.05) is 29.8 Å². The molecule has 0 aliphatic carbocycles. The molecule has 0 aliphatic rings. The normalized spacial score (nSPS) is 11.5. The predicted molar refractivity (Wildman–Crippen MR) is 86.0 cm³/mol. The lowest BCUT2D eigenvalue weighted by Gasteiger charge is -2.22. The van der Waals surface area contributed by atoms with E-state index in [-0.39, 0.29) is 23.9 Å². The second-order valence-corrected chi connectivity index (χ2v) is 6.25. The standard InChI is InChI=1S/C16H21ClN2O2/c1-16(2,3)18-14(20)11-19(4)15(21)10-9-12-7-5-6-8-13(12)17/h5-10H,11H2,1-4H3,(H,18,20). The third-order valence-electron chi connectivity index (χ3n) is 2.58. The Kier molecular flexibility index (Phi) is 5.97. The molecule has 0 unspecified atom stereocenters. The first kappa shape index (κ1) is 17.2. The van der Waals surface area contributed by atoms with Gasteiger partial charge in [0.2, 0.25) is 11.8 Å². The first-order chi connectivity index (χ1) is 9.69. The van der Waals surface area contributed by atoms with Crippen molar-refractivity contribution < 1.29 is 9.59 Å². The van der Waals surface area contributed by atoms with Crippen LogP contribution in [0.2, 0.25) is 5.02 Å². The first-order valence-corrected chi connectivity index (χ1v) is 7.05. The van der Waals surface area contributed by atoms with Crippen LogP contribution < -0.4 is 5.32 Å². The molecule has 0 saturated carbocycles. The number of nitrogens with one attached hydrogen (secondary N) is 1. The average Bonchev–Trinajstić information content (AvgIpc) is 2.34. The minimum Gasteiger partial charge on any atom is -0.350 e. The minimum absolute atomic E-state index is 0.0168. The van der Waals surface area contributed by atoms with Gasteiger partial charge in [0.05, 0.1) is 6.54 Å². The molecule has 0 heterocycles. The SMILES string of the molecule is CN(CC(=O)NC(C)(C)C)C(=O)C=Cc1ccccc1Cl. The summed E-state index contributed by atoms with van der Waals surface area (Å²) in [5.74, 6) is -0.441. The summed E-state index contributed by atoms with van der Waals surface area (Å²) in [5, 5.41) is 3.39. The number of benzene rings is 1. The predicted octanol–water partition coefficient (Wildman–Crippen LogP) is 2.73. The molecule has 0 radical (unpaired) electrons. The summed E-state index contributed by atoms with van der Waals surface area (Å²) in [6, 6.07) is 7.24. The fraction of sp³-hybridized carbons (Fsp3) is 0.375. The van der Waals surface area contributed by atoms with Crippen LogP contribution in [0.5, 0.6) is 0 Å². The van der Waals surface area contributed by atoms with E-state index in [0.29, 0.717) is 5.02 Å². The van der Waals surface area contributed by atoms with Crippen LogP contribution >= 0.6 is 11.6 Å². The highest BCUT2D eigenvalue weighted by molar-refractivity contribution is 6.32. The van der Waals surface area contributed by atoms with Gasteiger partial charge >= 0.3 is 0 Å². The van der Waals surface area contributed by atoms with Crippen molar-refractivity contribution in [3.05, 3.63) is 40.9 Å². The Morgan fingerprint density at radius 1 is 1.29 bits per heavy atom. The molecule has 114 valence electrons. The van der Waals surface area contributed by atoms with Crippen LogP contribution in [0.3, 0.4) is 0 Å². The van der Waals surface area contributed by atoms with Crippen LogP contribution in [0.15, 0.2) is 30.3 Å². The van der Waals surface area contributed by atoms with Crippen molar-refractivity contribution in [2.45, 2.75) is 26.3 Å². The number of rotatable bonds is 4. The van der Waals surface area contributed by atoms with Gasteiger partial charge in [0.25, 0.3) is 0 Å². The van der Waals surface area contributed by atoms with Crippen LogP contribution in [0, 0.1) is 0 Å². The topological polar surface area (TPSA) is 49.4 Å². The van der Waals surface area contributed by atoms with E-state index < -0.39 is 0 Å². The molecule has 0 aromatic heterocycles. The zero-order chi connectivity index (χ0) is 16.0. The third kappa shape index (κ3) is 6.45. The largest absolute Gasteiger partial charge is 0.350 e. The second-order valence-electron chi connectivity index (χ2n) is 5.85. The van der Waals surface area contributed by atoms with E-state index in [1.165, 1.54) is 11.0 Å². The molecule has 0 bridgehead atoms. The van der Waals surface area contributed by atoms with Crippen molar-refractivity contribution in [2.75, 3.05) is 13.6 Å². The molecule has 0 spiro atoms. The number of likely N-dealkylation sites (N-methyl/N-ethyl adjacent to an activating group) is 1. The van der Waals surface area contributed by atoms with Crippen molar-refractivity contribution in [1.82, 2.24) is 10.2 Å². The fourth-order valence-corrected chi connectivity index (χ4v) is 1.85. The van der Waals surface area contributed by atoms with Gasteiger partial charge in [-0.2, -0.15) is 0 Å². The third-order valence-corrected chi connectivity index (χ3v) is 2.93. The van der Waals surface area contributed by atoms with E-state index in [2.05, 4.69) is 5.32 Å². The van der Waals surface area contributed by atoms with Crippen molar-refractivity contribution in [2.24, 2.45) is 0 Å². The van der Waals surface area contributed by atoms with Gasteiger partial charge in [-0.05, 0) is 38.5 Å². The summed E-state index contributed by atoms with van der Waals surface area (Å²) in [6.45, 7) is 5.70. The number of halogens is 1. The highest BCUT2D eigenvalue weighted by Crippen LogP contribution is 2.16. The van der Waals surface area contributed by atoms with E-state index in [4.69, 9.17) is 11.6 Å². The van der Waals surface area contributed by atoms with Gasteiger partial charge in [-0.15, -0.1) is 0 Å². The Morgan fingerprint density at radius 2 is 1.90 bits per heavy atom. The Morgan fingerprint density at radius 3 is 2.48 bits per heavy atom. The highest BCUT2D eigenvalue weighted by atomic mass is 35.5. The first-order valence-electron chi connectivity index (χ1n) is 6.68. The number of hydrogen-bond donors (Lipinski definition) is 1. The Bertz CT molecular complexity index is 547. The van der Waals surface area contributed by atoms with Gasteiger partial charge in [0.15, 0.2) is 0 Å². The summed E-state index contributed by atoms with van der Waals surface area (Å²) in [6.07, 6.45) is 3.05. The van der Waals surface area contributed by atoms with Crippen LogP contribution in [0.1, 0.15) is 26.3 Å². The lowest BCUT2D eigenvalue weighted by Crippen LogP contribution is -2.46. The molecule has 2 amide bonds. The smallest absolute Gasteiger partial charge is 0.246 e. The van der Waals surface area contributed by atoms with Crippen LogP contribution in [-0.2, 0) is 9.59 Å². The Hall–Kier alpha value is -1.81. The minimum atomic E-state index is -0.311. The molecule has 4 nitrogen and oxygen atoms in total. The van der Waals surface area contributed by atoms with Crippen LogP contribution in [0.25, 0.3) is 6.08 Å². The monoisotopic (exact) mass is 308 g/mol. The molecule has 1 aromatic rings. The van der Waals surface area contributed by atoms with Crippen molar-refractivity contribution in [3.63, 3.8) is 0 Å². The molecule has 1 rings (SSSR count). The van der Waals surface area contributed by atoms with Gasteiger partial charge < -0.3 is 10.2 Å². The van der Waals surface area contributed by atoms with E-state index in [1.807, 2.05) is 39.0 Å². The number of carbonyl (C=O) groups is 2. The van der Waals surface area contributed by atoms with Crippen LogP contribution in [0.4, 0.5) is 0 Å². The number of nitrogens with zero attached hydrogens (tertiary/aromatic N) is 1. The summed E-state index contributed by atoms with van der Waals surface area (Å²) < 4.78 is 0. The Labute approximate surface area is 130 Å². The van der Waals surface area contributed by atoms with Crippen molar-refractivity contribution in [3.8, 4) is 0 Å². The molecule has 1 N–H and O–H groups in total. The average molecular weight is 309 g/mol. The molecule has 0 fully saturated rings. The molecule has 21 heavy (non-hydrogen) atoms. The highest BCUT2D eigenvalue weighted by Gasteiger charge is 2.16. The molecule has 0 atom stereocenters. The zero-order valence-electron chi connectivity index (χ0n) is 12.8. The van der Waals surface area contributed by atoms with Gasteiger partial charge in [0, 0.05) is 23.7 Å². The molecule has 0 aliphatic heterocycles. The van der Waals surface area contributed by atoms with Gasteiger partial charge in [-0.25, -0.2) is 0 Å². The molecular weight excluding hydrogens is 288 g/mol. The maximum absolute atomic E-state index is 11.9. The molecule has 5 heteroatoms. The maximum atomic E-state index is 11.9. The summed E-state index contributed by atoms with van der Waals surface area (Å²) in [4.78, 5) is 25.1. The molecular formula is C16H21ClN2O2. The van der Waals surface area contributed by atoms with Gasteiger partial charge in [0.1, 0.15) is 0 Å². The summed E-state index contributed by atoms with van der Waals surface area (Å²) in [7, 11) is 1.58. The number of hydrogen-bond acceptors (Lipinski definition) is 2.